The molecule has 1 atom stereocenters. The molecular weight excluding hydrogens is 326 g/mol. The minimum absolute atomic E-state index is 0.313. The maximum atomic E-state index is 6.15. The fourth-order valence-electron chi connectivity index (χ4n) is 2.10. The Balaban J connectivity index is 1.49. The van der Waals surface area contributed by atoms with E-state index in [1.165, 1.54) is 0 Å². The van der Waals surface area contributed by atoms with Gasteiger partial charge in [0.25, 0.3) is 0 Å². The smallest absolute Gasteiger partial charge is 0.206 e. The highest BCUT2D eigenvalue weighted by Crippen LogP contribution is 2.30. The van der Waals surface area contributed by atoms with Crippen LogP contribution in [0.3, 0.4) is 0 Å². The summed E-state index contributed by atoms with van der Waals surface area (Å²) in [6, 6.07) is 7.88. The fourth-order valence-corrected chi connectivity index (χ4v) is 4.15. The van der Waals surface area contributed by atoms with E-state index in [-0.39, 0.29) is 0 Å². The summed E-state index contributed by atoms with van der Waals surface area (Å²) in [5.74, 6) is 0.806. The van der Waals surface area contributed by atoms with Gasteiger partial charge in [-0.3, -0.25) is 0 Å². The van der Waals surface area contributed by atoms with Gasteiger partial charge in [-0.1, -0.05) is 52.9 Å². The van der Waals surface area contributed by atoms with E-state index < -0.39 is 0 Å². The number of anilines is 1. The van der Waals surface area contributed by atoms with Gasteiger partial charge in [0.05, 0.1) is 6.10 Å². The third kappa shape index (κ3) is 4.32. The topological polar surface area (TPSA) is 47.0 Å². The van der Waals surface area contributed by atoms with Crippen LogP contribution in [0.5, 0.6) is 0 Å². The van der Waals surface area contributed by atoms with Crippen LogP contribution in [0.15, 0.2) is 28.6 Å². The van der Waals surface area contributed by atoms with Gasteiger partial charge < -0.3 is 10.1 Å². The number of aromatic nitrogens is 2. The van der Waals surface area contributed by atoms with Crippen molar-refractivity contribution in [2.45, 2.75) is 29.0 Å². The largest absolute Gasteiger partial charge is 0.376 e. The first-order valence-electron chi connectivity index (χ1n) is 6.86. The molecular formula is C14H16ClN3OS2. The second kappa shape index (κ2) is 7.45. The Labute approximate surface area is 137 Å². The number of hydrogen-bond donors (Lipinski definition) is 1. The van der Waals surface area contributed by atoms with Crippen molar-refractivity contribution in [2.75, 3.05) is 18.5 Å². The minimum atomic E-state index is 0.313. The Hall–Kier alpha value is -0.820. The molecule has 1 aromatic heterocycles. The molecule has 4 nitrogen and oxygen atoms in total. The molecule has 21 heavy (non-hydrogen) atoms. The Bertz CT molecular complexity index is 587. The summed E-state index contributed by atoms with van der Waals surface area (Å²) >= 11 is 9.37. The van der Waals surface area contributed by atoms with Crippen LogP contribution in [-0.2, 0) is 10.5 Å². The minimum Gasteiger partial charge on any atom is -0.376 e. The highest BCUT2D eigenvalue weighted by molar-refractivity contribution is 8.00. The van der Waals surface area contributed by atoms with E-state index in [1.54, 1.807) is 23.1 Å². The summed E-state index contributed by atoms with van der Waals surface area (Å²) in [6.07, 6.45) is 2.59. The quantitative estimate of drug-likeness (QED) is 0.802. The number of nitrogens with zero attached hydrogens (tertiary/aromatic N) is 2. The lowest BCUT2D eigenvalue weighted by Gasteiger charge is -2.08. The first-order chi connectivity index (χ1) is 10.3. The molecule has 3 rings (SSSR count). The van der Waals surface area contributed by atoms with Crippen LogP contribution in [0.2, 0.25) is 5.02 Å². The van der Waals surface area contributed by atoms with Crippen molar-refractivity contribution in [3.8, 4) is 0 Å². The van der Waals surface area contributed by atoms with Gasteiger partial charge in [0.15, 0.2) is 4.34 Å². The molecule has 0 saturated carbocycles. The predicted molar refractivity (Wildman–Crippen MR) is 88.4 cm³/mol. The molecule has 1 fully saturated rings. The van der Waals surface area contributed by atoms with E-state index in [0.717, 1.165) is 51.8 Å². The first-order valence-corrected chi connectivity index (χ1v) is 9.04. The molecule has 1 aliphatic rings. The summed E-state index contributed by atoms with van der Waals surface area (Å²) in [6.45, 7) is 1.69. The van der Waals surface area contributed by atoms with E-state index in [2.05, 4.69) is 15.5 Å². The summed E-state index contributed by atoms with van der Waals surface area (Å²) < 4.78 is 6.52. The number of nitrogens with one attached hydrogen (secondary N) is 1. The van der Waals surface area contributed by atoms with Crippen molar-refractivity contribution in [3.63, 3.8) is 0 Å². The second-order valence-corrected chi connectivity index (χ2v) is 7.38. The van der Waals surface area contributed by atoms with Crippen LogP contribution in [0.1, 0.15) is 18.4 Å². The lowest BCUT2D eigenvalue weighted by Crippen LogP contribution is -2.18. The van der Waals surface area contributed by atoms with Gasteiger partial charge in [-0.2, -0.15) is 0 Å². The molecule has 0 spiro atoms. The summed E-state index contributed by atoms with van der Waals surface area (Å²) in [7, 11) is 0. The van der Waals surface area contributed by atoms with Crippen LogP contribution in [-0.4, -0.2) is 29.5 Å². The lowest BCUT2D eigenvalue weighted by atomic mass is 10.2. The zero-order valence-corrected chi connectivity index (χ0v) is 13.8. The van der Waals surface area contributed by atoms with Crippen molar-refractivity contribution in [2.24, 2.45) is 0 Å². The van der Waals surface area contributed by atoms with Gasteiger partial charge in [-0.15, -0.1) is 10.2 Å². The van der Waals surface area contributed by atoms with Crippen molar-refractivity contribution in [1.29, 1.82) is 0 Å². The molecule has 0 radical (unpaired) electrons. The predicted octanol–water partition coefficient (Wildman–Crippen LogP) is 4.07. The van der Waals surface area contributed by atoms with Crippen LogP contribution in [0.25, 0.3) is 0 Å². The van der Waals surface area contributed by atoms with Crippen LogP contribution >= 0.6 is 34.7 Å². The van der Waals surface area contributed by atoms with E-state index in [4.69, 9.17) is 16.3 Å². The number of rotatable bonds is 6. The molecule has 1 unspecified atom stereocenters. The van der Waals surface area contributed by atoms with Gasteiger partial charge in [0.2, 0.25) is 5.13 Å². The Morgan fingerprint density at radius 2 is 2.29 bits per heavy atom. The van der Waals surface area contributed by atoms with Crippen LogP contribution in [0.4, 0.5) is 5.13 Å². The van der Waals surface area contributed by atoms with Crippen molar-refractivity contribution in [1.82, 2.24) is 10.2 Å². The Kier molecular flexibility index (Phi) is 5.35. The molecule has 1 aromatic carbocycles. The van der Waals surface area contributed by atoms with Crippen LogP contribution in [0, 0.1) is 0 Å². The average molecular weight is 342 g/mol. The third-order valence-electron chi connectivity index (χ3n) is 3.22. The summed E-state index contributed by atoms with van der Waals surface area (Å²) in [5, 5.41) is 13.3. The van der Waals surface area contributed by atoms with Crippen molar-refractivity contribution < 1.29 is 4.74 Å². The van der Waals surface area contributed by atoms with Gasteiger partial charge in [-0.25, -0.2) is 0 Å². The normalized spacial score (nSPS) is 18.0. The maximum absolute atomic E-state index is 6.15. The SMILES string of the molecule is Clc1ccccc1CSc1nnc(NCC2CCCO2)s1. The van der Waals surface area contributed by atoms with E-state index in [0.29, 0.717) is 6.10 Å². The highest BCUT2D eigenvalue weighted by Gasteiger charge is 2.15. The fraction of sp³-hybridized carbons (Fsp3) is 0.429. The molecule has 2 aromatic rings. The van der Waals surface area contributed by atoms with E-state index in [1.807, 2.05) is 24.3 Å². The summed E-state index contributed by atoms with van der Waals surface area (Å²) in [5.41, 5.74) is 1.12. The first kappa shape index (κ1) is 15.1. The molecule has 1 saturated heterocycles. The standard InChI is InChI=1S/C14H16ClN3OS2/c15-12-6-2-1-4-10(12)9-20-14-18-17-13(21-14)16-8-11-5-3-7-19-11/h1-2,4,6,11H,3,5,7-9H2,(H,16,17). The zero-order valence-electron chi connectivity index (χ0n) is 11.4. The van der Waals surface area contributed by atoms with Crippen molar-refractivity contribution in [3.05, 3.63) is 34.9 Å². The highest BCUT2D eigenvalue weighted by atomic mass is 35.5. The molecule has 0 aliphatic carbocycles. The number of hydrogen-bond acceptors (Lipinski definition) is 6. The molecule has 112 valence electrons. The van der Waals surface area contributed by atoms with E-state index >= 15 is 0 Å². The molecule has 0 amide bonds. The molecule has 2 heterocycles. The Morgan fingerprint density at radius 3 is 3.10 bits per heavy atom. The molecule has 1 N–H and O–H groups in total. The molecule has 7 heteroatoms. The van der Waals surface area contributed by atoms with Gasteiger partial charge in [0, 0.05) is 23.9 Å². The summed E-state index contributed by atoms with van der Waals surface area (Å²) in [4.78, 5) is 0. The average Bonchev–Trinajstić information content (AvgIpc) is 3.16. The zero-order chi connectivity index (χ0) is 14.5. The van der Waals surface area contributed by atoms with Gasteiger partial charge >= 0.3 is 0 Å². The number of thioether (sulfide) groups is 1. The number of halogens is 1. The van der Waals surface area contributed by atoms with E-state index in [9.17, 15) is 0 Å². The van der Waals surface area contributed by atoms with Gasteiger partial charge in [-0.05, 0) is 24.5 Å². The molecule has 1 aliphatic heterocycles. The second-order valence-electron chi connectivity index (χ2n) is 4.77. The lowest BCUT2D eigenvalue weighted by molar-refractivity contribution is 0.120. The van der Waals surface area contributed by atoms with Gasteiger partial charge in [0.1, 0.15) is 0 Å². The van der Waals surface area contributed by atoms with Crippen LogP contribution < -0.4 is 5.32 Å². The number of benzene rings is 1. The third-order valence-corrected chi connectivity index (χ3v) is 5.65. The maximum Gasteiger partial charge on any atom is 0.206 e. The number of ether oxygens (including phenoxy) is 1. The molecule has 0 bridgehead atoms. The van der Waals surface area contributed by atoms with Crippen molar-refractivity contribution >= 4 is 39.8 Å². The Morgan fingerprint density at radius 1 is 1.38 bits per heavy atom. The monoisotopic (exact) mass is 341 g/mol.